The quantitative estimate of drug-likeness (QED) is 0.908. The molecule has 0 unspecified atom stereocenters. The molecule has 0 aliphatic rings. The zero-order chi connectivity index (χ0) is 16.3. The molecule has 5 nitrogen and oxygen atoms in total. The summed E-state index contributed by atoms with van der Waals surface area (Å²) >= 11 is 0. The Morgan fingerprint density at radius 3 is 2.45 bits per heavy atom. The molecule has 0 saturated heterocycles. The first-order valence-corrected chi connectivity index (χ1v) is 6.73. The van der Waals surface area contributed by atoms with Crippen LogP contribution in [0.5, 0.6) is 5.75 Å². The second kappa shape index (κ2) is 6.30. The highest BCUT2D eigenvalue weighted by Crippen LogP contribution is 2.25. The molecule has 22 heavy (non-hydrogen) atoms. The Kier molecular flexibility index (Phi) is 4.46. The highest BCUT2D eigenvalue weighted by molar-refractivity contribution is 6.07. The molecule has 0 bridgehead atoms. The highest BCUT2D eigenvalue weighted by atomic mass is 16.5. The zero-order valence-electron chi connectivity index (χ0n) is 12.6. The van der Waals surface area contributed by atoms with E-state index in [0.717, 1.165) is 11.1 Å². The van der Waals surface area contributed by atoms with Gasteiger partial charge in [0.1, 0.15) is 5.75 Å². The van der Waals surface area contributed by atoms with Crippen molar-refractivity contribution in [3.05, 3.63) is 58.7 Å². The van der Waals surface area contributed by atoms with Crippen molar-refractivity contribution in [2.45, 2.75) is 13.8 Å². The maximum Gasteiger partial charge on any atom is 0.335 e. The van der Waals surface area contributed by atoms with E-state index in [1.807, 2.05) is 13.0 Å². The lowest BCUT2D eigenvalue weighted by atomic mass is 10.1. The lowest BCUT2D eigenvalue weighted by Crippen LogP contribution is -2.15. The van der Waals surface area contributed by atoms with E-state index in [4.69, 9.17) is 9.84 Å². The van der Waals surface area contributed by atoms with Crippen molar-refractivity contribution in [2.24, 2.45) is 0 Å². The number of hydrogen-bond acceptors (Lipinski definition) is 3. The van der Waals surface area contributed by atoms with Gasteiger partial charge in [0.2, 0.25) is 0 Å². The van der Waals surface area contributed by atoms with Gasteiger partial charge in [-0.05, 0) is 43.2 Å². The van der Waals surface area contributed by atoms with E-state index in [-0.39, 0.29) is 11.5 Å². The van der Waals surface area contributed by atoms with Gasteiger partial charge in [-0.3, -0.25) is 4.79 Å². The molecule has 0 spiro atoms. The van der Waals surface area contributed by atoms with E-state index in [0.29, 0.717) is 17.0 Å². The lowest BCUT2D eigenvalue weighted by Gasteiger charge is -2.13. The third-order valence-electron chi connectivity index (χ3n) is 3.39. The summed E-state index contributed by atoms with van der Waals surface area (Å²) in [6.07, 6.45) is 0. The number of hydrogen-bond donors (Lipinski definition) is 2. The van der Waals surface area contributed by atoms with Crippen LogP contribution in [0.2, 0.25) is 0 Å². The average molecular weight is 299 g/mol. The number of nitrogens with one attached hydrogen (secondary N) is 1. The summed E-state index contributed by atoms with van der Waals surface area (Å²) in [6, 6.07) is 9.89. The number of aryl methyl sites for hydroxylation is 2. The molecule has 0 aliphatic carbocycles. The number of anilines is 1. The summed E-state index contributed by atoms with van der Waals surface area (Å²) in [5.41, 5.74) is 2.63. The SMILES string of the molecule is COc1c(C)cccc1C(=O)Nc1cc(C(=O)O)ccc1C. The van der Waals surface area contributed by atoms with E-state index in [9.17, 15) is 9.59 Å². The predicted molar refractivity (Wildman–Crippen MR) is 83.8 cm³/mol. The fraction of sp³-hybridized carbons (Fsp3) is 0.176. The predicted octanol–water partition coefficient (Wildman–Crippen LogP) is 3.26. The van der Waals surface area contributed by atoms with Crippen molar-refractivity contribution in [3.63, 3.8) is 0 Å². The number of carboxylic acid groups (broad SMARTS) is 1. The van der Waals surface area contributed by atoms with Gasteiger partial charge >= 0.3 is 5.97 Å². The lowest BCUT2D eigenvalue weighted by molar-refractivity contribution is 0.0696. The molecule has 0 atom stereocenters. The van der Waals surface area contributed by atoms with Crippen molar-refractivity contribution < 1.29 is 19.4 Å². The molecule has 0 aliphatic heterocycles. The van der Waals surface area contributed by atoms with Crippen molar-refractivity contribution in [2.75, 3.05) is 12.4 Å². The minimum atomic E-state index is -1.04. The second-order valence-corrected chi connectivity index (χ2v) is 4.94. The molecule has 1 amide bonds. The third kappa shape index (κ3) is 3.09. The van der Waals surface area contributed by atoms with Gasteiger partial charge in [-0.2, -0.15) is 0 Å². The fourth-order valence-electron chi connectivity index (χ4n) is 2.18. The molecule has 0 fully saturated rings. The minimum Gasteiger partial charge on any atom is -0.496 e. The molecule has 0 heterocycles. The Morgan fingerprint density at radius 1 is 1.09 bits per heavy atom. The van der Waals surface area contributed by atoms with Gasteiger partial charge in [-0.1, -0.05) is 18.2 Å². The van der Waals surface area contributed by atoms with Gasteiger partial charge in [-0.15, -0.1) is 0 Å². The van der Waals surface area contributed by atoms with Crippen LogP contribution in [-0.4, -0.2) is 24.1 Å². The number of amides is 1. The standard InChI is InChI=1S/C17H17NO4/c1-10-7-8-12(17(20)21)9-14(10)18-16(19)13-6-4-5-11(2)15(13)22-3/h4-9H,1-3H3,(H,18,19)(H,20,21). The van der Waals surface area contributed by atoms with E-state index >= 15 is 0 Å². The Labute approximate surface area is 128 Å². The van der Waals surface area contributed by atoms with E-state index < -0.39 is 5.97 Å². The maximum atomic E-state index is 12.4. The number of aromatic carboxylic acids is 1. The molecule has 0 aromatic heterocycles. The zero-order valence-corrected chi connectivity index (χ0v) is 12.6. The van der Waals surface area contributed by atoms with Gasteiger partial charge in [0.25, 0.3) is 5.91 Å². The average Bonchev–Trinajstić information content (AvgIpc) is 2.48. The van der Waals surface area contributed by atoms with Crippen LogP contribution in [0.25, 0.3) is 0 Å². The molecule has 2 aromatic carbocycles. The molecule has 0 radical (unpaired) electrons. The smallest absolute Gasteiger partial charge is 0.335 e. The molecule has 2 rings (SSSR count). The normalized spacial score (nSPS) is 10.1. The number of benzene rings is 2. The number of methoxy groups -OCH3 is 1. The monoisotopic (exact) mass is 299 g/mol. The molecule has 5 heteroatoms. The van der Waals surface area contributed by atoms with Crippen molar-refractivity contribution in [1.29, 1.82) is 0 Å². The van der Waals surface area contributed by atoms with Gasteiger partial charge in [0.15, 0.2) is 0 Å². The first-order chi connectivity index (χ1) is 10.4. The Balaban J connectivity index is 2.35. The van der Waals surface area contributed by atoms with E-state index in [2.05, 4.69) is 5.32 Å². The topological polar surface area (TPSA) is 75.6 Å². The summed E-state index contributed by atoms with van der Waals surface area (Å²) in [4.78, 5) is 23.5. The summed E-state index contributed by atoms with van der Waals surface area (Å²) in [5.74, 6) is -0.873. The number of carbonyl (C=O) groups is 2. The molecule has 114 valence electrons. The van der Waals surface area contributed by atoms with Gasteiger partial charge in [-0.25, -0.2) is 4.79 Å². The first kappa shape index (κ1) is 15.6. The summed E-state index contributed by atoms with van der Waals surface area (Å²) in [6.45, 7) is 3.65. The van der Waals surface area contributed by atoms with E-state index in [1.54, 1.807) is 25.1 Å². The van der Waals surface area contributed by atoms with Crippen LogP contribution < -0.4 is 10.1 Å². The first-order valence-electron chi connectivity index (χ1n) is 6.73. The van der Waals surface area contributed by atoms with Gasteiger partial charge in [0, 0.05) is 5.69 Å². The van der Waals surface area contributed by atoms with Crippen LogP contribution in [0, 0.1) is 13.8 Å². The van der Waals surface area contributed by atoms with Gasteiger partial charge in [0.05, 0.1) is 18.2 Å². The Bertz CT molecular complexity index is 737. The summed E-state index contributed by atoms with van der Waals surface area (Å²) in [5, 5.41) is 11.8. The van der Waals surface area contributed by atoms with Crippen LogP contribution in [0.4, 0.5) is 5.69 Å². The Hall–Kier alpha value is -2.82. The molecule has 2 N–H and O–H groups in total. The number of carbonyl (C=O) groups excluding carboxylic acids is 1. The third-order valence-corrected chi connectivity index (χ3v) is 3.39. The fourth-order valence-corrected chi connectivity index (χ4v) is 2.18. The molecule has 0 saturated carbocycles. The number of rotatable bonds is 4. The van der Waals surface area contributed by atoms with Crippen LogP contribution >= 0.6 is 0 Å². The van der Waals surface area contributed by atoms with Gasteiger partial charge < -0.3 is 15.2 Å². The largest absolute Gasteiger partial charge is 0.496 e. The van der Waals surface area contributed by atoms with Crippen molar-refractivity contribution in [3.8, 4) is 5.75 Å². The number of para-hydroxylation sites is 1. The number of ether oxygens (including phenoxy) is 1. The minimum absolute atomic E-state index is 0.122. The molecular formula is C17H17NO4. The van der Waals surface area contributed by atoms with E-state index in [1.165, 1.54) is 19.2 Å². The summed E-state index contributed by atoms with van der Waals surface area (Å²) < 4.78 is 5.27. The number of carboxylic acids is 1. The van der Waals surface area contributed by atoms with Crippen LogP contribution in [0.15, 0.2) is 36.4 Å². The van der Waals surface area contributed by atoms with Crippen LogP contribution in [0.3, 0.4) is 0 Å². The van der Waals surface area contributed by atoms with Crippen molar-refractivity contribution in [1.82, 2.24) is 0 Å². The summed E-state index contributed by atoms with van der Waals surface area (Å²) in [7, 11) is 1.51. The van der Waals surface area contributed by atoms with Crippen LogP contribution in [-0.2, 0) is 0 Å². The van der Waals surface area contributed by atoms with Crippen LogP contribution in [0.1, 0.15) is 31.8 Å². The maximum absolute atomic E-state index is 12.4. The second-order valence-electron chi connectivity index (χ2n) is 4.94. The van der Waals surface area contributed by atoms with Crippen molar-refractivity contribution >= 4 is 17.6 Å². The Morgan fingerprint density at radius 2 is 1.82 bits per heavy atom. The molecule has 2 aromatic rings. The highest BCUT2D eigenvalue weighted by Gasteiger charge is 2.15. The molecular weight excluding hydrogens is 282 g/mol.